The minimum Gasteiger partial charge on any atom is -0.488 e. The number of hydrogen-bond donors (Lipinski definition) is 0. The SMILES string of the molecule is COC(=O)c1c(OCc2ccccc2)ccc([N+](=O)[O-])c1OCc1ccccc1. The molecule has 7 heteroatoms. The van der Waals surface area contributed by atoms with Crippen LogP contribution in [-0.2, 0) is 18.0 Å². The lowest BCUT2D eigenvalue weighted by atomic mass is 10.1. The van der Waals surface area contributed by atoms with Gasteiger partial charge in [-0.25, -0.2) is 4.79 Å². The average molecular weight is 393 g/mol. The van der Waals surface area contributed by atoms with Crippen LogP contribution >= 0.6 is 0 Å². The van der Waals surface area contributed by atoms with Crippen LogP contribution < -0.4 is 9.47 Å². The van der Waals surface area contributed by atoms with Gasteiger partial charge >= 0.3 is 11.7 Å². The first-order valence-corrected chi connectivity index (χ1v) is 8.83. The van der Waals surface area contributed by atoms with Crippen molar-refractivity contribution in [1.29, 1.82) is 0 Å². The number of hydrogen-bond acceptors (Lipinski definition) is 6. The zero-order chi connectivity index (χ0) is 20.6. The van der Waals surface area contributed by atoms with Gasteiger partial charge in [0.2, 0.25) is 5.75 Å². The molecule has 29 heavy (non-hydrogen) atoms. The molecule has 0 spiro atoms. The Morgan fingerprint density at radius 3 is 1.93 bits per heavy atom. The first-order valence-electron chi connectivity index (χ1n) is 8.83. The predicted molar refractivity (Wildman–Crippen MR) is 106 cm³/mol. The van der Waals surface area contributed by atoms with E-state index in [1.165, 1.54) is 19.2 Å². The predicted octanol–water partition coefficient (Wildman–Crippen LogP) is 4.54. The summed E-state index contributed by atoms with van der Waals surface area (Å²) in [6, 6.07) is 21.1. The van der Waals surface area contributed by atoms with Gasteiger partial charge in [-0.1, -0.05) is 60.7 Å². The molecular formula is C22H19NO6. The van der Waals surface area contributed by atoms with E-state index in [1.54, 1.807) is 0 Å². The van der Waals surface area contributed by atoms with E-state index in [4.69, 9.17) is 14.2 Å². The second-order valence-corrected chi connectivity index (χ2v) is 6.08. The van der Waals surface area contributed by atoms with Crippen LogP contribution in [0.5, 0.6) is 11.5 Å². The highest BCUT2D eigenvalue weighted by atomic mass is 16.6. The van der Waals surface area contributed by atoms with Gasteiger partial charge in [0, 0.05) is 6.07 Å². The smallest absolute Gasteiger partial charge is 0.345 e. The zero-order valence-corrected chi connectivity index (χ0v) is 15.7. The fourth-order valence-corrected chi connectivity index (χ4v) is 2.72. The Balaban J connectivity index is 1.97. The van der Waals surface area contributed by atoms with Gasteiger partial charge in [-0.2, -0.15) is 0 Å². The van der Waals surface area contributed by atoms with Crippen molar-refractivity contribution in [3.8, 4) is 11.5 Å². The molecule has 3 aromatic rings. The normalized spacial score (nSPS) is 10.2. The number of nitro groups is 1. The third kappa shape index (κ3) is 4.90. The van der Waals surface area contributed by atoms with Gasteiger partial charge in [0.05, 0.1) is 12.0 Å². The van der Waals surface area contributed by atoms with Gasteiger partial charge in [-0.3, -0.25) is 10.1 Å². The van der Waals surface area contributed by atoms with Crippen molar-refractivity contribution >= 4 is 11.7 Å². The van der Waals surface area contributed by atoms with E-state index in [0.717, 1.165) is 11.1 Å². The van der Waals surface area contributed by atoms with Crippen molar-refractivity contribution in [3.05, 3.63) is 99.6 Å². The van der Waals surface area contributed by atoms with Gasteiger partial charge in [0.25, 0.3) is 0 Å². The minimum atomic E-state index is -0.778. The molecule has 0 N–H and O–H groups in total. The number of carbonyl (C=O) groups is 1. The molecule has 0 aliphatic rings. The molecule has 148 valence electrons. The van der Waals surface area contributed by atoms with Crippen LogP contribution in [0, 0.1) is 10.1 Å². The van der Waals surface area contributed by atoms with Crippen LogP contribution in [0.3, 0.4) is 0 Å². The van der Waals surface area contributed by atoms with E-state index in [1.807, 2.05) is 60.7 Å². The molecule has 0 fully saturated rings. The highest BCUT2D eigenvalue weighted by Crippen LogP contribution is 2.38. The van der Waals surface area contributed by atoms with E-state index in [0.29, 0.717) is 0 Å². The minimum absolute atomic E-state index is 0.0494. The Kier molecular flexibility index (Phi) is 6.42. The number of rotatable bonds is 8. The molecule has 3 rings (SSSR count). The fraction of sp³-hybridized carbons (Fsp3) is 0.136. The largest absolute Gasteiger partial charge is 0.488 e. The van der Waals surface area contributed by atoms with Crippen LogP contribution in [0.15, 0.2) is 72.8 Å². The highest BCUT2D eigenvalue weighted by molar-refractivity contribution is 5.97. The molecular weight excluding hydrogens is 374 g/mol. The van der Waals surface area contributed by atoms with Gasteiger partial charge in [0.1, 0.15) is 19.0 Å². The van der Waals surface area contributed by atoms with Crippen LogP contribution in [0.4, 0.5) is 5.69 Å². The summed E-state index contributed by atoms with van der Waals surface area (Å²) in [5.74, 6) is -0.814. The van der Waals surface area contributed by atoms with Crippen molar-refractivity contribution in [3.63, 3.8) is 0 Å². The summed E-state index contributed by atoms with van der Waals surface area (Å²) in [4.78, 5) is 23.4. The van der Waals surface area contributed by atoms with Crippen molar-refractivity contribution in [2.24, 2.45) is 0 Å². The van der Waals surface area contributed by atoms with Gasteiger partial charge in [0.15, 0.2) is 5.56 Å². The topological polar surface area (TPSA) is 87.9 Å². The Hall–Kier alpha value is -3.87. The van der Waals surface area contributed by atoms with Crippen LogP contribution in [0.2, 0.25) is 0 Å². The van der Waals surface area contributed by atoms with Crippen LogP contribution in [-0.4, -0.2) is 18.0 Å². The standard InChI is InChI=1S/C22H19NO6/c1-27-22(24)20-19(28-14-16-8-4-2-5-9-16)13-12-18(23(25)26)21(20)29-15-17-10-6-3-7-11-17/h2-13H,14-15H2,1H3. The summed E-state index contributed by atoms with van der Waals surface area (Å²) < 4.78 is 16.3. The average Bonchev–Trinajstić information content (AvgIpc) is 2.76. The van der Waals surface area contributed by atoms with E-state index in [2.05, 4.69) is 0 Å². The molecule has 7 nitrogen and oxygen atoms in total. The number of nitro benzene ring substituents is 1. The molecule has 0 bridgehead atoms. The molecule has 0 aromatic heterocycles. The highest BCUT2D eigenvalue weighted by Gasteiger charge is 2.29. The molecule has 0 saturated carbocycles. The van der Waals surface area contributed by atoms with Crippen molar-refractivity contribution < 1.29 is 23.9 Å². The molecule has 0 aliphatic carbocycles. The number of carbonyl (C=O) groups excluding carboxylic acids is 1. The molecule has 0 saturated heterocycles. The summed E-state index contributed by atoms with van der Waals surface area (Å²) in [7, 11) is 1.20. The molecule has 3 aromatic carbocycles. The zero-order valence-electron chi connectivity index (χ0n) is 15.7. The van der Waals surface area contributed by atoms with E-state index < -0.39 is 10.9 Å². The Bertz CT molecular complexity index is 989. The number of ether oxygens (including phenoxy) is 3. The lowest BCUT2D eigenvalue weighted by Gasteiger charge is -2.15. The number of esters is 1. The summed E-state index contributed by atoms with van der Waals surface area (Å²) >= 11 is 0. The molecule has 0 heterocycles. The van der Waals surface area contributed by atoms with E-state index >= 15 is 0 Å². The number of nitrogens with zero attached hydrogens (tertiary/aromatic N) is 1. The lowest BCUT2D eigenvalue weighted by Crippen LogP contribution is -2.11. The second-order valence-electron chi connectivity index (χ2n) is 6.08. The maximum atomic E-state index is 12.4. The Morgan fingerprint density at radius 1 is 0.862 bits per heavy atom. The van der Waals surface area contributed by atoms with Crippen molar-refractivity contribution in [1.82, 2.24) is 0 Å². The van der Waals surface area contributed by atoms with Crippen molar-refractivity contribution in [2.45, 2.75) is 13.2 Å². The van der Waals surface area contributed by atoms with Crippen LogP contribution in [0.1, 0.15) is 21.5 Å². The quantitative estimate of drug-likeness (QED) is 0.317. The summed E-state index contributed by atoms with van der Waals surface area (Å²) in [5.41, 5.74) is 1.23. The van der Waals surface area contributed by atoms with Gasteiger partial charge in [-0.15, -0.1) is 0 Å². The number of benzene rings is 3. The van der Waals surface area contributed by atoms with Gasteiger partial charge in [-0.05, 0) is 17.2 Å². The van der Waals surface area contributed by atoms with E-state index in [9.17, 15) is 14.9 Å². The monoisotopic (exact) mass is 393 g/mol. The van der Waals surface area contributed by atoms with Gasteiger partial charge < -0.3 is 14.2 Å². The Labute approximate surface area is 167 Å². The molecule has 0 amide bonds. The Morgan fingerprint density at radius 2 is 1.41 bits per heavy atom. The maximum absolute atomic E-state index is 12.4. The molecule has 0 aliphatic heterocycles. The molecule has 0 unspecified atom stereocenters. The van der Waals surface area contributed by atoms with E-state index in [-0.39, 0.29) is 36.0 Å². The first-order chi connectivity index (χ1) is 14.1. The maximum Gasteiger partial charge on any atom is 0.345 e. The summed E-state index contributed by atoms with van der Waals surface area (Å²) in [6.07, 6.45) is 0. The third-order valence-corrected chi connectivity index (χ3v) is 4.15. The molecule has 0 radical (unpaired) electrons. The van der Waals surface area contributed by atoms with Crippen molar-refractivity contribution in [2.75, 3.05) is 7.11 Å². The molecule has 0 atom stereocenters. The number of methoxy groups -OCH3 is 1. The summed E-state index contributed by atoms with van der Waals surface area (Å²) in [5, 5.41) is 11.5. The second kappa shape index (κ2) is 9.36. The fourth-order valence-electron chi connectivity index (χ4n) is 2.72. The third-order valence-electron chi connectivity index (χ3n) is 4.15. The lowest BCUT2D eigenvalue weighted by molar-refractivity contribution is -0.386. The van der Waals surface area contributed by atoms with Crippen LogP contribution in [0.25, 0.3) is 0 Å². The summed E-state index contributed by atoms with van der Waals surface area (Å²) in [6.45, 7) is 0.231. The first kappa shape index (κ1) is 19.9.